The van der Waals surface area contributed by atoms with Crippen LogP contribution in [0.5, 0.6) is 0 Å². The molecule has 94 valence electrons. The van der Waals surface area contributed by atoms with Crippen molar-refractivity contribution in [3.05, 3.63) is 35.9 Å². The van der Waals surface area contributed by atoms with Gasteiger partial charge in [0.15, 0.2) is 11.6 Å². The zero-order chi connectivity index (χ0) is 13.0. The fraction of sp³-hybridized carbons (Fsp3) is 0.385. The van der Waals surface area contributed by atoms with Crippen LogP contribution in [0.4, 0.5) is 0 Å². The molecule has 0 unspecified atom stereocenters. The number of aryl methyl sites for hydroxylation is 1. The van der Waals surface area contributed by atoms with Gasteiger partial charge in [0.2, 0.25) is 0 Å². The number of hydrogen-bond donors (Lipinski definition) is 1. The van der Waals surface area contributed by atoms with Crippen LogP contribution in [0.1, 0.15) is 25.1 Å². The Morgan fingerprint density at radius 2 is 1.83 bits per heavy atom. The smallest absolute Gasteiger partial charge is 0.197 e. The molecule has 1 N–H and O–H groups in total. The van der Waals surface area contributed by atoms with Crippen molar-refractivity contribution in [2.24, 2.45) is 0 Å². The van der Waals surface area contributed by atoms with Gasteiger partial charge in [0.05, 0.1) is 5.69 Å². The highest BCUT2D eigenvalue weighted by Crippen LogP contribution is 2.08. The van der Waals surface area contributed by atoms with E-state index in [1.165, 1.54) is 0 Å². The highest BCUT2D eigenvalue weighted by molar-refractivity contribution is 5.42. The predicted octanol–water partition coefficient (Wildman–Crippen LogP) is 1.74. The minimum Gasteiger partial charge on any atom is -0.309 e. The van der Waals surface area contributed by atoms with Gasteiger partial charge in [0.25, 0.3) is 0 Å². The average Bonchev–Trinajstić information content (AvgIpc) is 2.37. The summed E-state index contributed by atoms with van der Waals surface area (Å²) >= 11 is 0. The standard InChI is InChI=1S/C13H17N5/c1-9(2)15-8-11-4-5-14-13(18-11)12-16-6-10(3)7-17-12/h4-7,9,15H,8H2,1-3H3. The number of nitrogens with zero attached hydrogens (tertiary/aromatic N) is 4. The van der Waals surface area contributed by atoms with Crippen LogP contribution in [0.3, 0.4) is 0 Å². The van der Waals surface area contributed by atoms with Gasteiger partial charge in [-0.15, -0.1) is 0 Å². The van der Waals surface area contributed by atoms with E-state index in [4.69, 9.17) is 0 Å². The van der Waals surface area contributed by atoms with Crippen molar-refractivity contribution in [3.63, 3.8) is 0 Å². The third-order valence-electron chi connectivity index (χ3n) is 2.39. The van der Waals surface area contributed by atoms with Crippen molar-refractivity contribution in [2.75, 3.05) is 0 Å². The van der Waals surface area contributed by atoms with E-state index in [0.717, 1.165) is 17.8 Å². The molecule has 2 aromatic heterocycles. The molecule has 2 heterocycles. The Morgan fingerprint density at radius 3 is 2.50 bits per heavy atom. The highest BCUT2D eigenvalue weighted by atomic mass is 15.0. The van der Waals surface area contributed by atoms with Gasteiger partial charge in [-0.1, -0.05) is 13.8 Å². The van der Waals surface area contributed by atoms with E-state index in [-0.39, 0.29) is 0 Å². The van der Waals surface area contributed by atoms with Gasteiger partial charge < -0.3 is 5.32 Å². The lowest BCUT2D eigenvalue weighted by Gasteiger charge is -2.07. The van der Waals surface area contributed by atoms with Crippen molar-refractivity contribution in [2.45, 2.75) is 33.4 Å². The lowest BCUT2D eigenvalue weighted by molar-refractivity contribution is 0.581. The first kappa shape index (κ1) is 12.6. The van der Waals surface area contributed by atoms with E-state index in [0.29, 0.717) is 17.7 Å². The van der Waals surface area contributed by atoms with E-state index in [9.17, 15) is 0 Å². The van der Waals surface area contributed by atoms with Crippen LogP contribution in [0.25, 0.3) is 11.6 Å². The molecule has 0 aromatic carbocycles. The van der Waals surface area contributed by atoms with Gasteiger partial charge in [0.1, 0.15) is 0 Å². The highest BCUT2D eigenvalue weighted by Gasteiger charge is 2.05. The second kappa shape index (κ2) is 5.64. The molecule has 0 aliphatic carbocycles. The zero-order valence-electron chi connectivity index (χ0n) is 10.9. The van der Waals surface area contributed by atoms with Crippen molar-refractivity contribution in [3.8, 4) is 11.6 Å². The first-order valence-electron chi connectivity index (χ1n) is 5.99. The van der Waals surface area contributed by atoms with Crippen molar-refractivity contribution >= 4 is 0 Å². The summed E-state index contributed by atoms with van der Waals surface area (Å²) in [5.74, 6) is 1.13. The minimum atomic E-state index is 0.430. The molecule has 18 heavy (non-hydrogen) atoms. The van der Waals surface area contributed by atoms with Gasteiger partial charge >= 0.3 is 0 Å². The average molecular weight is 243 g/mol. The third kappa shape index (κ3) is 3.30. The van der Waals surface area contributed by atoms with Crippen LogP contribution >= 0.6 is 0 Å². The Kier molecular flexibility index (Phi) is 3.94. The summed E-state index contributed by atoms with van der Waals surface area (Å²) < 4.78 is 0. The first-order chi connectivity index (χ1) is 8.65. The summed E-state index contributed by atoms with van der Waals surface area (Å²) in [7, 11) is 0. The van der Waals surface area contributed by atoms with E-state index < -0.39 is 0 Å². The van der Waals surface area contributed by atoms with Crippen molar-refractivity contribution in [1.29, 1.82) is 0 Å². The molecule has 0 atom stereocenters. The van der Waals surface area contributed by atoms with E-state index >= 15 is 0 Å². The maximum Gasteiger partial charge on any atom is 0.197 e. The summed E-state index contributed by atoms with van der Waals surface area (Å²) in [5.41, 5.74) is 1.97. The summed E-state index contributed by atoms with van der Waals surface area (Å²) in [4.78, 5) is 17.1. The Labute approximate surface area is 107 Å². The second-order valence-corrected chi connectivity index (χ2v) is 4.49. The summed E-state index contributed by atoms with van der Waals surface area (Å²) in [6, 6.07) is 2.33. The molecule has 5 nitrogen and oxygen atoms in total. The number of aromatic nitrogens is 4. The molecule has 0 amide bonds. The molecule has 0 spiro atoms. The van der Waals surface area contributed by atoms with Crippen LogP contribution in [0.15, 0.2) is 24.7 Å². The van der Waals surface area contributed by atoms with Crippen LogP contribution in [0.2, 0.25) is 0 Å². The maximum atomic E-state index is 4.45. The van der Waals surface area contributed by atoms with Gasteiger partial charge in [-0.25, -0.2) is 19.9 Å². The maximum absolute atomic E-state index is 4.45. The fourth-order valence-corrected chi connectivity index (χ4v) is 1.42. The zero-order valence-corrected chi connectivity index (χ0v) is 10.9. The lowest BCUT2D eigenvalue weighted by atomic mass is 10.3. The van der Waals surface area contributed by atoms with Crippen LogP contribution in [0, 0.1) is 6.92 Å². The molecule has 0 radical (unpaired) electrons. The predicted molar refractivity (Wildman–Crippen MR) is 69.8 cm³/mol. The third-order valence-corrected chi connectivity index (χ3v) is 2.39. The van der Waals surface area contributed by atoms with Crippen LogP contribution in [-0.2, 0) is 6.54 Å². The Hall–Kier alpha value is -1.88. The van der Waals surface area contributed by atoms with Gasteiger partial charge in [-0.05, 0) is 18.6 Å². The summed E-state index contributed by atoms with van der Waals surface area (Å²) in [6.07, 6.45) is 5.28. The molecule has 0 saturated heterocycles. The van der Waals surface area contributed by atoms with E-state index in [2.05, 4.69) is 39.1 Å². The largest absolute Gasteiger partial charge is 0.309 e. The molecule has 0 aliphatic heterocycles. The van der Waals surface area contributed by atoms with Crippen molar-refractivity contribution in [1.82, 2.24) is 25.3 Å². The lowest BCUT2D eigenvalue weighted by Crippen LogP contribution is -2.22. The Bertz CT molecular complexity index is 507. The number of hydrogen-bond acceptors (Lipinski definition) is 5. The molecule has 5 heteroatoms. The normalized spacial score (nSPS) is 10.9. The molecule has 2 aromatic rings. The fourth-order valence-electron chi connectivity index (χ4n) is 1.42. The van der Waals surface area contributed by atoms with Crippen molar-refractivity contribution < 1.29 is 0 Å². The molecular formula is C13H17N5. The van der Waals surface area contributed by atoms with E-state index in [1.54, 1.807) is 18.6 Å². The summed E-state index contributed by atoms with van der Waals surface area (Å²) in [5, 5.41) is 3.32. The molecule has 0 fully saturated rings. The minimum absolute atomic E-state index is 0.430. The van der Waals surface area contributed by atoms with E-state index in [1.807, 2.05) is 13.0 Å². The Balaban J connectivity index is 2.18. The molecule has 2 rings (SSSR count). The first-order valence-corrected chi connectivity index (χ1v) is 5.99. The quantitative estimate of drug-likeness (QED) is 0.886. The molecule has 0 aliphatic rings. The van der Waals surface area contributed by atoms with Crippen LogP contribution in [-0.4, -0.2) is 26.0 Å². The van der Waals surface area contributed by atoms with Crippen LogP contribution < -0.4 is 5.32 Å². The number of rotatable bonds is 4. The van der Waals surface area contributed by atoms with Gasteiger partial charge in [0, 0.05) is 31.2 Å². The molecular weight excluding hydrogens is 226 g/mol. The molecule has 0 bridgehead atoms. The van der Waals surface area contributed by atoms with Gasteiger partial charge in [-0.3, -0.25) is 0 Å². The Morgan fingerprint density at radius 1 is 1.11 bits per heavy atom. The molecule has 0 saturated carbocycles. The van der Waals surface area contributed by atoms with Gasteiger partial charge in [-0.2, -0.15) is 0 Å². The monoisotopic (exact) mass is 243 g/mol. The second-order valence-electron chi connectivity index (χ2n) is 4.49. The SMILES string of the molecule is Cc1cnc(-c2nccc(CNC(C)C)n2)nc1. The number of nitrogens with one attached hydrogen (secondary N) is 1. The summed E-state index contributed by atoms with van der Waals surface area (Å²) in [6.45, 7) is 6.88. The topological polar surface area (TPSA) is 63.6 Å².